The number of hydrogen-bond acceptors (Lipinski definition) is 4. The second-order valence-electron chi connectivity index (χ2n) is 7.92. The molecule has 3 aromatic carbocycles. The van der Waals surface area contributed by atoms with Crippen LogP contribution < -0.4 is 10.6 Å². The maximum absolute atomic E-state index is 13.3. The predicted octanol–water partition coefficient (Wildman–Crippen LogP) is 4.29. The fourth-order valence-electron chi connectivity index (χ4n) is 3.61. The van der Waals surface area contributed by atoms with Gasteiger partial charge in [0, 0.05) is 18.5 Å². The number of benzene rings is 3. The molecular weight excluding hydrogens is 428 g/mol. The highest BCUT2D eigenvalue weighted by Crippen LogP contribution is 2.20. The van der Waals surface area contributed by atoms with Crippen molar-refractivity contribution in [2.75, 3.05) is 11.9 Å². The highest BCUT2D eigenvalue weighted by molar-refractivity contribution is 5.98. The number of amides is 2. The minimum atomic E-state index is -0.790. The third kappa shape index (κ3) is 7.89. The van der Waals surface area contributed by atoms with Crippen LogP contribution in [-0.2, 0) is 32.0 Å². The van der Waals surface area contributed by atoms with Crippen LogP contribution in [0, 0.1) is 0 Å². The van der Waals surface area contributed by atoms with E-state index in [0.717, 1.165) is 16.7 Å². The number of hydrogen-bond donors (Lipinski definition) is 2. The van der Waals surface area contributed by atoms with Gasteiger partial charge in [0.25, 0.3) is 0 Å². The van der Waals surface area contributed by atoms with Crippen molar-refractivity contribution in [1.29, 1.82) is 0 Å². The zero-order chi connectivity index (χ0) is 24.2. The number of para-hydroxylation sites is 1. The quantitative estimate of drug-likeness (QED) is 0.420. The SMILES string of the molecule is CCOC(=O)CCC(=O)NC(Cc1ccccc1)C(=O)Nc1ccccc1Cc1ccccc1. The first kappa shape index (κ1) is 24.7. The van der Waals surface area contributed by atoms with Crippen molar-refractivity contribution < 1.29 is 19.1 Å². The summed E-state index contributed by atoms with van der Waals surface area (Å²) in [6, 6.07) is 26.4. The van der Waals surface area contributed by atoms with Crippen LogP contribution in [0.15, 0.2) is 84.9 Å². The van der Waals surface area contributed by atoms with E-state index in [4.69, 9.17) is 4.74 Å². The molecular formula is C28H30N2O4. The van der Waals surface area contributed by atoms with E-state index in [0.29, 0.717) is 18.5 Å². The summed E-state index contributed by atoms with van der Waals surface area (Å²) in [5.74, 6) is -1.12. The third-order valence-electron chi connectivity index (χ3n) is 5.31. The molecule has 34 heavy (non-hydrogen) atoms. The van der Waals surface area contributed by atoms with Gasteiger partial charge >= 0.3 is 5.97 Å². The molecule has 0 aliphatic rings. The average molecular weight is 459 g/mol. The molecule has 0 spiro atoms. The monoisotopic (exact) mass is 458 g/mol. The van der Waals surface area contributed by atoms with E-state index >= 15 is 0 Å². The number of esters is 1. The molecule has 1 atom stereocenters. The van der Waals surface area contributed by atoms with Gasteiger partial charge in [-0.15, -0.1) is 0 Å². The standard InChI is InChI=1S/C28H30N2O4/c1-2-34-27(32)18-17-26(31)29-25(20-22-13-7-4-8-14-22)28(33)30-24-16-10-9-15-23(24)19-21-11-5-3-6-12-21/h3-16,25H,2,17-20H2,1H3,(H,29,31)(H,30,33). The van der Waals surface area contributed by atoms with E-state index < -0.39 is 12.0 Å². The molecule has 6 nitrogen and oxygen atoms in total. The fraction of sp³-hybridized carbons (Fsp3) is 0.250. The predicted molar refractivity (Wildman–Crippen MR) is 132 cm³/mol. The van der Waals surface area contributed by atoms with E-state index in [1.54, 1.807) is 6.92 Å². The maximum atomic E-state index is 13.3. The lowest BCUT2D eigenvalue weighted by Crippen LogP contribution is -2.45. The normalized spacial score (nSPS) is 11.3. The van der Waals surface area contributed by atoms with E-state index in [-0.39, 0.29) is 31.3 Å². The van der Waals surface area contributed by atoms with Crippen LogP contribution in [-0.4, -0.2) is 30.4 Å². The Bertz CT molecular complexity index is 1080. The Kier molecular flexibility index (Phi) is 9.40. The van der Waals surface area contributed by atoms with E-state index in [9.17, 15) is 14.4 Å². The third-order valence-corrected chi connectivity index (χ3v) is 5.31. The highest BCUT2D eigenvalue weighted by atomic mass is 16.5. The van der Waals surface area contributed by atoms with Crippen LogP contribution in [0.2, 0.25) is 0 Å². The van der Waals surface area contributed by atoms with Gasteiger partial charge in [0.15, 0.2) is 0 Å². The smallest absolute Gasteiger partial charge is 0.306 e. The summed E-state index contributed by atoms with van der Waals surface area (Å²) < 4.78 is 4.88. The molecule has 2 amide bonds. The van der Waals surface area contributed by atoms with E-state index in [2.05, 4.69) is 10.6 Å². The average Bonchev–Trinajstić information content (AvgIpc) is 2.85. The van der Waals surface area contributed by atoms with Crippen LogP contribution >= 0.6 is 0 Å². The molecule has 0 fully saturated rings. The van der Waals surface area contributed by atoms with E-state index in [1.807, 2.05) is 84.9 Å². The number of carbonyl (C=O) groups excluding carboxylic acids is 3. The highest BCUT2D eigenvalue weighted by Gasteiger charge is 2.22. The van der Waals surface area contributed by atoms with Gasteiger partial charge < -0.3 is 15.4 Å². The molecule has 0 aliphatic carbocycles. The number of rotatable bonds is 11. The lowest BCUT2D eigenvalue weighted by Gasteiger charge is -2.20. The van der Waals surface area contributed by atoms with Gasteiger partial charge in [0.2, 0.25) is 11.8 Å². The summed E-state index contributed by atoms with van der Waals surface area (Å²) in [4.78, 5) is 37.4. The van der Waals surface area contributed by atoms with Gasteiger partial charge in [-0.25, -0.2) is 0 Å². The van der Waals surface area contributed by atoms with Crippen molar-refractivity contribution in [2.24, 2.45) is 0 Å². The molecule has 3 aromatic rings. The number of anilines is 1. The zero-order valence-corrected chi connectivity index (χ0v) is 19.3. The first-order chi connectivity index (χ1) is 16.5. The molecule has 0 heterocycles. The van der Waals surface area contributed by atoms with Crippen LogP contribution in [0.3, 0.4) is 0 Å². The molecule has 2 N–H and O–H groups in total. The maximum Gasteiger partial charge on any atom is 0.306 e. The van der Waals surface area contributed by atoms with Crippen molar-refractivity contribution in [3.63, 3.8) is 0 Å². The lowest BCUT2D eigenvalue weighted by molar-refractivity contribution is -0.144. The molecule has 0 aromatic heterocycles. The van der Waals surface area contributed by atoms with Crippen LogP contribution in [0.4, 0.5) is 5.69 Å². The molecule has 0 saturated carbocycles. The largest absolute Gasteiger partial charge is 0.466 e. The summed E-state index contributed by atoms with van der Waals surface area (Å²) in [6.07, 6.45) is 0.937. The second-order valence-corrected chi connectivity index (χ2v) is 7.92. The van der Waals surface area contributed by atoms with Crippen molar-refractivity contribution in [3.8, 4) is 0 Å². The fourth-order valence-corrected chi connectivity index (χ4v) is 3.61. The number of ether oxygens (including phenoxy) is 1. The summed E-state index contributed by atoms with van der Waals surface area (Å²) in [7, 11) is 0. The van der Waals surface area contributed by atoms with Crippen LogP contribution in [0.5, 0.6) is 0 Å². The summed E-state index contributed by atoms with van der Waals surface area (Å²) in [5, 5.41) is 5.79. The van der Waals surface area contributed by atoms with Crippen molar-refractivity contribution in [2.45, 2.75) is 38.6 Å². The lowest BCUT2D eigenvalue weighted by atomic mass is 10.0. The number of nitrogens with one attached hydrogen (secondary N) is 2. The minimum Gasteiger partial charge on any atom is -0.466 e. The molecule has 0 aliphatic heterocycles. The van der Waals surface area contributed by atoms with Gasteiger partial charge in [-0.2, -0.15) is 0 Å². The molecule has 0 radical (unpaired) electrons. The molecule has 6 heteroatoms. The van der Waals surface area contributed by atoms with Gasteiger partial charge in [-0.3, -0.25) is 14.4 Å². The van der Waals surface area contributed by atoms with E-state index in [1.165, 1.54) is 0 Å². The molecule has 0 saturated heterocycles. The van der Waals surface area contributed by atoms with Gasteiger partial charge in [-0.05, 0) is 36.1 Å². The minimum absolute atomic E-state index is 0.0285. The Morgan fingerprint density at radius 2 is 1.41 bits per heavy atom. The summed E-state index contributed by atoms with van der Waals surface area (Å²) >= 11 is 0. The Morgan fingerprint density at radius 1 is 0.794 bits per heavy atom. The molecule has 176 valence electrons. The van der Waals surface area contributed by atoms with Crippen LogP contribution in [0.1, 0.15) is 36.5 Å². The second kappa shape index (κ2) is 12.9. The van der Waals surface area contributed by atoms with Crippen molar-refractivity contribution >= 4 is 23.5 Å². The summed E-state index contributed by atoms with van der Waals surface area (Å²) in [6.45, 7) is 1.98. The van der Waals surface area contributed by atoms with Gasteiger partial charge in [0.05, 0.1) is 13.0 Å². The molecule has 0 bridgehead atoms. The first-order valence-electron chi connectivity index (χ1n) is 11.5. The van der Waals surface area contributed by atoms with Gasteiger partial charge in [-0.1, -0.05) is 78.9 Å². The first-order valence-corrected chi connectivity index (χ1v) is 11.5. The van der Waals surface area contributed by atoms with Crippen molar-refractivity contribution in [1.82, 2.24) is 5.32 Å². The molecule has 1 unspecified atom stereocenters. The number of carbonyl (C=O) groups is 3. The van der Waals surface area contributed by atoms with Gasteiger partial charge in [0.1, 0.15) is 6.04 Å². The topological polar surface area (TPSA) is 84.5 Å². The Hall–Kier alpha value is -3.93. The van der Waals surface area contributed by atoms with Crippen molar-refractivity contribution in [3.05, 3.63) is 102 Å². The Morgan fingerprint density at radius 3 is 2.09 bits per heavy atom. The molecule has 3 rings (SSSR count). The Labute approximate surface area is 200 Å². The van der Waals surface area contributed by atoms with Crippen LogP contribution in [0.25, 0.3) is 0 Å². The Balaban J connectivity index is 1.72. The summed E-state index contributed by atoms with van der Waals surface area (Å²) in [5.41, 5.74) is 3.74. The zero-order valence-electron chi connectivity index (χ0n) is 19.3.